The van der Waals surface area contributed by atoms with E-state index in [0.29, 0.717) is 17.6 Å². The molecule has 0 aliphatic heterocycles. The topological polar surface area (TPSA) is 64.7 Å². The van der Waals surface area contributed by atoms with Crippen LogP contribution in [-0.4, -0.2) is 15.0 Å². The fourth-order valence-electron chi connectivity index (χ4n) is 2.57. The van der Waals surface area contributed by atoms with Crippen molar-refractivity contribution in [3.8, 4) is 11.5 Å². The number of nitrogen functional groups attached to an aromatic ring is 1. The molecule has 4 nitrogen and oxygen atoms in total. The molecule has 0 spiro atoms. The van der Waals surface area contributed by atoms with Gasteiger partial charge < -0.3 is 5.73 Å². The number of halogens is 2. The fraction of sp³-hybridized carbons (Fsp3) is 0.357. The number of nitrogens with two attached hydrogens (primary N) is 1. The van der Waals surface area contributed by atoms with Gasteiger partial charge in [0.05, 0.1) is 10.2 Å². The predicted octanol–water partition coefficient (Wildman–Crippen LogP) is 4.30. The van der Waals surface area contributed by atoms with E-state index in [1.54, 1.807) is 6.20 Å². The van der Waals surface area contributed by atoms with E-state index in [0.717, 1.165) is 20.3 Å². The highest BCUT2D eigenvalue weighted by molar-refractivity contribution is 9.10. The van der Waals surface area contributed by atoms with E-state index < -0.39 is 0 Å². The molecule has 1 fully saturated rings. The molecule has 1 saturated carbocycles. The molecule has 0 saturated heterocycles. The van der Waals surface area contributed by atoms with Crippen molar-refractivity contribution in [1.82, 2.24) is 15.0 Å². The fourth-order valence-corrected chi connectivity index (χ4v) is 3.31. The summed E-state index contributed by atoms with van der Waals surface area (Å²) in [4.78, 5) is 13.4. The van der Waals surface area contributed by atoms with Crippen molar-refractivity contribution in [2.45, 2.75) is 31.6 Å². The maximum atomic E-state index is 6.02. The van der Waals surface area contributed by atoms with Gasteiger partial charge in [-0.15, -0.1) is 0 Å². The van der Waals surface area contributed by atoms with Crippen molar-refractivity contribution >= 4 is 37.7 Å². The van der Waals surface area contributed by atoms with Crippen molar-refractivity contribution < 1.29 is 0 Å². The summed E-state index contributed by atoms with van der Waals surface area (Å²) in [6, 6.07) is 3.82. The lowest BCUT2D eigenvalue weighted by Gasteiger charge is -2.13. The van der Waals surface area contributed by atoms with Crippen LogP contribution in [-0.2, 0) is 0 Å². The SMILES string of the molecule is Nc1nc(-c2ccc(Br)cn2)nc(C2CCCC2)c1Br. The van der Waals surface area contributed by atoms with E-state index in [-0.39, 0.29) is 0 Å². The Kier molecular flexibility index (Phi) is 4.03. The Morgan fingerprint density at radius 3 is 2.50 bits per heavy atom. The van der Waals surface area contributed by atoms with Crippen molar-refractivity contribution in [2.75, 3.05) is 5.73 Å². The molecule has 20 heavy (non-hydrogen) atoms. The summed E-state index contributed by atoms with van der Waals surface area (Å²) >= 11 is 6.91. The van der Waals surface area contributed by atoms with Crippen LogP contribution in [0, 0.1) is 0 Å². The molecular weight excluding hydrogens is 384 g/mol. The summed E-state index contributed by atoms with van der Waals surface area (Å²) in [5.41, 5.74) is 7.79. The summed E-state index contributed by atoms with van der Waals surface area (Å²) in [5, 5.41) is 0. The van der Waals surface area contributed by atoms with Crippen molar-refractivity contribution in [2.24, 2.45) is 0 Å². The lowest BCUT2D eigenvalue weighted by atomic mass is 10.0. The van der Waals surface area contributed by atoms with E-state index in [4.69, 9.17) is 10.7 Å². The van der Waals surface area contributed by atoms with Crippen molar-refractivity contribution in [3.63, 3.8) is 0 Å². The molecule has 0 atom stereocenters. The molecular formula is C14H14Br2N4. The molecule has 2 N–H and O–H groups in total. The molecule has 6 heteroatoms. The Hall–Kier alpha value is -1.01. The number of hydrogen-bond donors (Lipinski definition) is 1. The Labute approximate surface area is 134 Å². The van der Waals surface area contributed by atoms with Gasteiger partial charge >= 0.3 is 0 Å². The van der Waals surface area contributed by atoms with E-state index in [2.05, 4.69) is 41.8 Å². The Bertz CT molecular complexity index is 622. The number of nitrogens with zero attached hydrogens (tertiary/aromatic N) is 3. The van der Waals surface area contributed by atoms with Crippen LogP contribution in [0.3, 0.4) is 0 Å². The van der Waals surface area contributed by atoms with Crippen LogP contribution in [0.15, 0.2) is 27.3 Å². The number of rotatable bonds is 2. The smallest absolute Gasteiger partial charge is 0.180 e. The van der Waals surface area contributed by atoms with E-state index in [1.165, 1.54) is 25.7 Å². The molecule has 2 aromatic heterocycles. The zero-order valence-electron chi connectivity index (χ0n) is 10.8. The minimum Gasteiger partial charge on any atom is -0.383 e. The molecule has 2 heterocycles. The van der Waals surface area contributed by atoms with Crippen LogP contribution >= 0.6 is 31.9 Å². The Morgan fingerprint density at radius 1 is 1.10 bits per heavy atom. The van der Waals surface area contributed by atoms with Gasteiger partial charge in [-0.25, -0.2) is 9.97 Å². The monoisotopic (exact) mass is 396 g/mol. The summed E-state index contributed by atoms with van der Waals surface area (Å²) in [5.74, 6) is 1.56. The molecule has 1 aliphatic rings. The average Bonchev–Trinajstić information content (AvgIpc) is 2.96. The zero-order chi connectivity index (χ0) is 14.1. The second kappa shape index (κ2) is 5.77. The minimum atomic E-state index is 0.476. The first kappa shape index (κ1) is 13.9. The highest BCUT2D eigenvalue weighted by Crippen LogP contribution is 2.38. The van der Waals surface area contributed by atoms with Gasteiger partial charge in [0.1, 0.15) is 11.5 Å². The van der Waals surface area contributed by atoms with Crippen LogP contribution in [0.5, 0.6) is 0 Å². The van der Waals surface area contributed by atoms with E-state index in [1.807, 2.05) is 12.1 Å². The molecule has 104 valence electrons. The van der Waals surface area contributed by atoms with Gasteiger partial charge in [-0.3, -0.25) is 4.98 Å². The summed E-state index contributed by atoms with van der Waals surface area (Å²) in [6.07, 6.45) is 6.59. The molecule has 2 aromatic rings. The first-order valence-corrected chi connectivity index (χ1v) is 8.18. The number of pyridine rings is 1. The maximum Gasteiger partial charge on any atom is 0.180 e. The largest absolute Gasteiger partial charge is 0.383 e. The first-order valence-electron chi connectivity index (χ1n) is 6.60. The quantitative estimate of drug-likeness (QED) is 0.820. The zero-order valence-corrected chi connectivity index (χ0v) is 14.0. The molecule has 0 unspecified atom stereocenters. The van der Waals surface area contributed by atoms with Crippen LogP contribution in [0.25, 0.3) is 11.5 Å². The van der Waals surface area contributed by atoms with Crippen LogP contribution in [0.1, 0.15) is 37.3 Å². The molecule has 0 amide bonds. The molecule has 0 bridgehead atoms. The van der Waals surface area contributed by atoms with Gasteiger partial charge in [0.25, 0.3) is 0 Å². The summed E-state index contributed by atoms with van der Waals surface area (Å²) in [6.45, 7) is 0. The van der Waals surface area contributed by atoms with Gasteiger partial charge in [0.2, 0.25) is 0 Å². The lowest BCUT2D eigenvalue weighted by Crippen LogP contribution is -2.06. The summed E-state index contributed by atoms with van der Waals surface area (Å²) < 4.78 is 1.77. The third-order valence-corrected chi connectivity index (χ3v) is 4.88. The number of anilines is 1. The molecule has 0 aromatic carbocycles. The molecule has 3 rings (SSSR count). The van der Waals surface area contributed by atoms with Gasteiger partial charge in [-0.2, -0.15) is 0 Å². The van der Waals surface area contributed by atoms with Crippen molar-refractivity contribution in [1.29, 1.82) is 0 Å². The van der Waals surface area contributed by atoms with E-state index in [9.17, 15) is 0 Å². The standard InChI is InChI=1S/C14H14Br2N4/c15-9-5-6-10(18-7-9)14-19-12(8-3-1-2-4-8)11(16)13(17)20-14/h5-8H,1-4H2,(H2,17,19,20). The second-order valence-corrected chi connectivity index (χ2v) is 6.68. The summed E-state index contributed by atoms with van der Waals surface area (Å²) in [7, 11) is 0. The number of aromatic nitrogens is 3. The van der Waals surface area contributed by atoms with Gasteiger partial charge in [0.15, 0.2) is 5.82 Å². The Balaban J connectivity index is 2.05. The van der Waals surface area contributed by atoms with Crippen LogP contribution < -0.4 is 5.73 Å². The average molecular weight is 398 g/mol. The highest BCUT2D eigenvalue weighted by Gasteiger charge is 2.23. The van der Waals surface area contributed by atoms with Crippen LogP contribution in [0.2, 0.25) is 0 Å². The molecule has 1 aliphatic carbocycles. The van der Waals surface area contributed by atoms with Gasteiger partial charge in [-0.05, 0) is 56.8 Å². The van der Waals surface area contributed by atoms with Crippen LogP contribution in [0.4, 0.5) is 5.82 Å². The lowest BCUT2D eigenvalue weighted by molar-refractivity contribution is 0.691. The molecule has 0 radical (unpaired) electrons. The third kappa shape index (κ3) is 2.72. The van der Waals surface area contributed by atoms with Gasteiger partial charge in [-0.1, -0.05) is 12.8 Å². The highest BCUT2D eigenvalue weighted by atomic mass is 79.9. The first-order chi connectivity index (χ1) is 9.65. The predicted molar refractivity (Wildman–Crippen MR) is 86.3 cm³/mol. The van der Waals surface area contributed by atoms with Gasteiger partial charge in [0, 0.05) is 16.6 Å². The maximum absolute atomic E-state index is 6.02. The second-order valence-electron chi connectivity index (χ2n) is 4.97. The third-order valence-electron chi connectivity index (χ3n) is 3.60. The van der Waals surface area contributed by atoms with E-state index >= 15 is 0 Å². The Morgan fingerprint density at radius 2 is 1.85 bits per heavy atom. The minimum absolute atomic E-state index is 0.476. The number of hydrogen-bond acceptors (Lipinski definition) is 4. The van der Waals surface area contributed by atoms with Crippen molar-refractivity contribution in [3.05, 3.63) is 33.0 Å². The normalized spacial score (nSPS) is 15.7.